The van der Waals surface area contributed by atoms with E-state index in [1.54, 1.807) is 60.7 Å². The van der Waals surface area contributed by atoms with Crippen LogP contribution in [-0.2, 0) is 17.1 Å². The summed E-state index contributed by atoms with van der Waals surface area (Å²) in [4.78, 5) is 0.738. The third-order valence-electron chi connectivity index (χ3n) is 3.75. The second-order valence-electron chi connectivity index (χ2n) is 5.45. The van der Waals surface area contributed by atoms with Crippen LogP contribution in [0, 0.1) is 0 Å². The smallest absolute Gasteiger partial charge is 0.205 e. The van der Waals surface area contributed by atoms with Crippen LogP contribution in [0.2, 0.25) is 0 Å². The Hall–Kier alpha value is -2.34. The Labute approximate surface area is 150 Å². The lowest BCUT2D eigenvalue weighted by Crippen LogP contribution is -2.17. The second-order valence-corrected chi connectivity index (χ2v) is 7.42. The minimum Gasteiger partial charge on any atom is -0.205 e. The third kappa shape index (κ3) is 3.75. The fourth-order valence-corrected chi connectivity index (χ4v) is 5.06. The Bertz CT molecular complexity index is 821. The Morgan fingerprint density at radius 3 is 1.58 bits per heavy atom. The van der Waals surface area contributed by atoms with Crippen LogP contribution in [0.4, 0.5) is 22.0 Å². The van der Waals surface area contributed by atoms with E-state index in [2.05, 4.69) is 0 Å². The normalized spacial score (nSPS) is 12.0. The molecule has 0 radical (unpaired) electrons. The van der Waals surface area contributed by atoms with Gasteiger partial charge in [-0.05, 0) is 36.4 Å². The van der Waals surface area contributed by atoms with Gasteiger partial charge >= 0.3 is 6.18 Å². The summed E-state index contributed by atoms with van der Waals surface area (Å²) in [5.41, 5.74) is -1.61. The summed E-state index contributed by atoms with van der Waals surface area (Å²) in [6.07, 6.45) is -7.73. The molecule has 0 heterocycles. The molecule has 0 spiro atoms. The first-order chi connectivity index (χ1) is 12.4. The van der Waals surface area contributed by atoms with Crippen LogP contribution in [0.3, 0.4) is 0 Å². The highest BCUT2D eigenvalue weighted by Crippen LogP contribution is 2.44. The van der Waals surface area contributed by atoms with Crippen LogP contribution < -0.4 is 0 Å². The zero-order chi connectivity index (χ0) is 18.7. The number of benzene rings is 3. The van der Waals surface area contributed by atoms with Crippen LogP contribution in [0.1, 0.15) is 17.6 Å². The summed E-state index contributed by atoms with van der Waals surface area (Å²) >= 11 is 0. The summed E-state index contributed by atoms with van der Waals surface area (Å²) in [5, 5.41) is 0. The standard InChI is InChI=1S/C20H14F5S/c21-19(22)16-12-7-13-17(20(23,24)25)18(16)26(14-8-3-1-4-9-14)15-10-5-2-6-11-15/h1-13,19H/q+1. The van der Waals surface area contributed by atoms with Crippen molar-refractivity contribution in [1.29, 1.82) is 0 Å². The Kier molecular flexibility index (Phi) is 5.32. The highest BCUT2D eigenvalue weighted by atomic mass is 32.2. The molecule has 0 aliphatic heterocycles. The first-order valence-corrected chi connectivity index (χ1v) is 8.94. The van der Waals surface area contributed by atoms with Gasteiger partial charge in [0.25, 0.3) is 6.43 Å². The van der Waals surface area contributed by atoms with Gasteiger partial charge in [-0.2, -0.15) is 13.2 Å². The lowest BCUT2D eigenvalue weighted by atomic mass is 10.1. The number of hydrogen-bond donors (Lipinski definition) is 0. The monoisotopic (exact) mass is 381 g/mol. The number of rotatable bonds is 4. The summed E-state index contributed by atoms with van der Waals surface area (Å²) in [6, 6.07) is 19.9. The van der Waals surface area contributed by atoms with Gasteiger partial charge in [-0.15, -0.1) is 0 Å². The van der Waals surface area contributed by atoms with Gasteiger partial charge in [0.1, 0.15) is 16.5 Å². The minimum atomic E-state index is -4.73. The lowest BCUT2D eigenvalue weighted by molar-refractivity contribution is -0.140. The fourth-order valence-electron chi connectivity index (χ4n) is 2.66. The molecule has 0 nitrogen and oxygen atoms in total. The van der Waals surface area contributed by atoms with Crippen LogP contribution in [0.5, 0.6) is 0 Å². The number of hydrogen-bond acceptors (Lipinski definition) is 0. The Morgan fingerprint density at radius 2 is 1.15 bits per heavy atom. The van der Waals surface area contributed by atoms with Crippen molar-refractivity contribution in [3.05, 3.63) is 90.0 Å². The van der Waals surface area contributed by atoms with Gasteiger partial charge in [-0.3, -0.25) is 0 Å². The predicted octanol–water partition coefficient (Wildman–Crippen LogP) is 6.74. The fraction of sp³-hybridized carbons (Fsp3) is 0.100. The highest BCUT2D eigenvalue weighted by Gasteiger charge is 2.44. The molecule has 0 fully saturated rings. The average molecular weight is 381 g/mol. The largest absolute Gasteiger partial charge is 0.421 e. The number of alkyl halides is 5. The maximum atomic E-state index is 13.6. The van der Waals surface area contributed by atoms with Crippen molar-refractivity contribution in [2.45, 2.75) is 27.3 Å². The summed E-state index contributed by atoms with van der Waals surface area (Å²) in [5.74, 6) is 0. The maximum absolute atomic E-state index is 13.6. The molecule has 0 N–H and O–H groups in total. The Balaban J connectivity index is 2.35. The molecule has 26 heavy (non-hydrogen) atoms. The van der Waals surface area contributed by atoms with Gasteiger partial charge in [0.05, 0.1) is 5.56 Å². The van der Waals surface area contributed by atoms with E-state index in [9.17, 15) is 22.0 Å². The molecule has 6 heteroatoms. The zero-order valence-electron chi connectivity index (χ0n) is 13.4. The first-order valence-electron chi connectivity index (χ1n) is 7.72. The molecular formula is C20H14F5S+. The third-order valence-corrected chi connectivity index (χ3v) is 6.10. The Morgan fingerprint density at radius 1 is 0.654 bits per heavy atom. The van der Waals surface area contributed by atoms with Gasteiger partial charge in [-0.1, -0.05) is 42.5 Å². The van der Waals surface area contributed by atoms with E-state index in [0.717, 1.165) is 18.2 Å². The summed E-state index contributed by atoms with van der Waals surface area (Å²) in [7, 11) is -1.30. The SMILES string of the molecule is FC(F)c1cccc(C(F)(F)F)c1[S+](c1ccccc1)c1ccccc1. The van der Waals surface area contributed by atoms with E-state index in [1.165, 1.54) is 0 Å². The van der Waals surface area contributed by atoms with Gasteiger partial charge in [0.2, 0.25) is 0 Å². The van der Waals surface area contributed by atoms with E-state index < -0.39 is 34.6 Å². The molecule has 0 aliphatic rings. The van der Waals surface area contributed by atoms with E-state index in [0.29, 0.717) is 9.79 Å². The van der Waals surface area contributed by atoms with Crippen molar-refractivity contribution >= 4 is 10.9 Å². The molecule has 0 saturated heterocycles. The van der Waals surface area contributed by atoms with Crippen LogP contribution >= 0.6 is 0 Å². The molecule has 134 valence electrons. The van der Waals surface area contributed by atoms with Crippen molar-refractivity contribution in [2.24, 2.45) is 0 Å². The molecule has 3 aromatic carbocycles. The molecule has 0 atom stereocenters. The molecule has 3 rings (SSSR count). The van der Waals surface area contributed by atoms with Crippen LogP contribution in [0.25, 0.3) is 0 Å². The van der Waals surface area contributed by atoms with E-state index in [-0.39, 0.29) is 4.90 Å². The number of halogens is 5. The van der Waals surface area contributed by atoms with E-state index in [1.807, 2.05) is 0 Å². The lowest BCUT2D eigenvalue weighted by Gasteiger charge is -2.17. The zero-order valence-corrected chi connectivity index (χ0v) is 14.2. The quantitative estimate of drug-likeness (QED) is 0.347. The molecular weight excluding hydrogens is 367 g/mol. The second kappa shape index (κ2) is 7.50. The first kappa shape index (κ1) is 18.5. The van der Waals surface area contributed by atoms with Gasteiger partial charge in [0.15, 0.2) is 14.7 Å². The molecule has 0 bridgehead atoms. The molecule has 0 unspecified atom stereocenters. The average Bonchev–Trinajstić information content (AvgIpc) is 2.63. The van der Waals surface area contributed by atoms with Crippen LogP contribution in [-0.4, -0.2) is 0 Å². The topological polar surface area (TPSA) is 0 Å². The van der Waals surface area contributed by atoms with Gasteiger partial charge < -0.3 is 0 Å². The molecule has 0 amide bonds. The van der Waals surface area contributed by atoms with E-state index in [4.69, 9.17) is 0 Å². The predicted molar refractivity (Wildman–Crippen MR) is 91.4 cm³/mol. The molecule has 0 saturated carbocycles. The highest BCUT2D eigenvalue weighted by molar-refractivity contribution is 7.97. The van der Waals surface area contributed by atoms with Crippen molar-refractivity contribution in [3.8, 4) is 0 Å². The molecule has 0 aliphatic carbocycles. The van der Waals surface area contributed by atoms with Gasteiger partial charge in [-0.25, -0.2) is 8.78 Å². The van der Waals surface area contributed by atoms with Gasteiger partial charge in [0, 0.05) is 0 Å². The summed E-state index contributed by atoms with van der Waals surface area (Å²) in [6.45, 7) is 0. The van der Waals surface area contributed by atoms with Crippen molar-refractivity contribution < 1.29 is 22.0 Å². The maximum Gasteiger partial charge on any atom is 0.421 e. The van der Waals surface area contributed by atoms with Crippen LogP contribution in [0.15, 0.2) is 93.5 Å². The van der Waals surface area contributed by atoms with Crippen molar-refractivity contribution in [3.63, 3.8) is 0 Å². The molecule has 0 aromatic heterocycles. The minimum absolute atomic E-state index is 0.368. The van der Waals surface area contributed by atoms with Crippen molar-refractivity contribution in [2.75, 3.05) is 0 Å². The van der Waals surface area contributed by atoms with E-state index >= 15 is 0 Å². The summed E-state index contributed by atoms with van der Waals surface area (Å²) < 4.78 is 68.2. The van der Waals surface area contributed by atoms with Crippen molar-refractivity contribution in [1.82, 2.24) is 0 Å². The molecule has 3 aromatic rings.